The van der Waals surface area contributed by atoms with Crippen molar-refractivity contribution in [2.75, 3.05) is 0 Å². The molecule has 1 amide bonds. The van der Waals surface area contributed by atoms with Gasteiger partial charge < -0.3 is 9.73 Å². The number of aryl methyl sites for hydroxylation is 1. The SMILES string of the molecule is Cc1ccc(C(C)NC(=O)c2ccnc(-n3ccnc3)c2)o1. The van der Waals surface area contributed by atoms with Crippen molar-refractivity contribution in [3.63, 3.8) is 0 Å². The molecule has 0 saturated heterocycles. The second-order valence-electron chi connectivity index (χ2n) is 5.02. The van der Waals surface area contributed by atoms with E-state index in [4.69, 9.17) is 4.42 Å². The predicted octanol–water partition coefficient (Wildman–Crippen LogP) is 2.66. The van der Waals surface area contributed by atoms with Gasteiger partial charge in [-0.05, 0) is 38.1 Å². The van der Waals surface area contributed by atoms with Gasteiger partial charge in [-0.3, -0.25) is 9.36 Å². The number of hydrogen-bond donors (Lipinski definition) is 1. The molecule has 0 saturated carbocycles. The van der Waals surface area contributed by atoms with Crippen LogP contribution < -0.4 is 5.32 Å². The number of amides is 1. The van der Waals surface area contributed by atoms with Crippen molar-refractivity contribution in [1.29, 1.82) is 0 Å². The summed E-state index contributed by atoms with van der Waals surface area (Å²) < 4.78 is 7.27. The molecule has 0 aliphatic heterocycles. The van der Waals surface area contributed by atoms with E-state index in [2.05, 4.69) is 15.3 Å². The van der Waals surface area contributed by atoms with E-state index in [-0.39, 0.29) is 11.9 Å². The summed E-state index contributed by atoms with van der Waals surface area (Å²) in [5.74, 6) is 2.02. The Hall–Kier alpha value is -2.89. The van der Waals surface area contributed by atoms with E-state index < -0.39 is 0 Å². The van der Waals surface area contributed by atoms with Gasteiger partial charge in [-0.2, -0.15) is 0 Å². The fourth-order valence-electron chi connectivity index (χ4n) is 2.13. The van der Waals surface area contributed by atoms with Crippen molar-refractivity contribution in [3.05, 3.63) is 66.3 Å². The molecule has 6 heteroatoms. The van der Waals surface area contributed by atoms with E-state index in [1.165, 1.54) is 0 Å². The highest BCUT2D eigenvalue weighted by Gasteiger charge is 2.14. The van der Waals surface area contributed by atoms with Gasteiger partial charge in [0.15, 0.2) is 0 Å². The van der Waals surface area contributed by atoms with E-state index in [1.807, 2.05) is 26.0 Å². The van der Waals surface area contributed by atoms with Crippen LogP contribution in [-0.2, 0) is 0 Å². The number of furan rings is 1. The van der Waals surface area contributed by atoms with E-state index in [0.29, 0.717) is 11.4 Å². The number of imidazole rings is 1. The number of carbonyl (C=O) groups excluding carboxylic acids is 1. The van der Waals surface area contributed by atoms with Crippen molar-refractivity contribution in [3.8, 4) is 5.82 Å². The molecule has 0 radical (unpaired) electrons. The molecule has 22 heavy (non-hydrogen) atoms. The molecule has 3 heterocycles. The van der Waals surface area contributed by atoms with Gasteiger partial charge in [0.05, 0.1) is 6.04 Å². The summed E-state index contributed by atoms with van der Waals surface area (Å²) >= 11 is 0. The van der Waals surface area contributed by atoms with Crippen LogP contribution in [0.15, 0.2) is 53.6 Å². The molecule has 1 N–H and O–H groups in total. The molecule has 6 nitrogen and oxygen atoms in total. The minimum Gasteiger partial charge on any atom is -0.464 e. The van der Waals surface area contributed by atoms with Gasteiger partial charge in [-0.1, -0.05) is 0 Å². The Morgan fingerprint density at radius 3 is 2.86 bits per heavy atom. The van der Waals surface area contributed by atoms with Gasteiger partial charge in [-0.25, -0.2) is 9.97 Å². The summed E-state index contributed by atoms with van der Waals surface area (Å²) in [6.07, 6.45) is 6.68. The molecule has 1 atom stereocenters. The Bertz CT molecular complexity index is 777. The number of hydrogen-bond acceptors (Lipinski definition) is 4. The maximum atomic E-state index is 12.4. The first-order valence-electron chi connectivity index (χ1n) is 6.95. The van der Waals surface area contributed by atoms with Gasteiger partial charge in [0.2, 0.25) is 0 Å². The molecule has 0 aliphatic carbocycles. The Morgan fingerprint density at radius 1 is 1.32 bits per heavy atom. The standard InChI is InChI=1S/C16H16N4O2/c1-11-3-4-14(22-11)12(2)19-16(21)13-5-6-18-15(9-13)20-8-7-17-10-20/h3-10,12H,1-2H3,(H,19,21). The van der Waals surface area contributed by atoms with Gasteiger partial charge in [-0.15, -0.1) is 0 Å². The largest absolute Gasteiger partial charge is 0.464 e. The third kappa shape index (κ3) is 2.90. The summed E-state index contributed by atoms with van der Waals surface area (Å²) in [5.41, 5.74) is 0.536. The van der Waals surface area contributed by atoms with Crippen molar-refractivity contribution >= 4 is 5.91 Å². The maximum Gasteiger partial charge on any atom is 0.252 e. The minimum absolute atomic E-state index is 0.176. The van der Waals surface area contributed by atoms with E-state index in [1.54, 1.807) is 41.6 Å². The van der Waals surface area contributed by atoms with Crippen molar-refractivity contribution < 1.29 is 9.21 Å². The van der Waals surface area contributed by atoms with Crippen molar-refractivity contribution in [2.24, 2.45) is 0 Å². The Balaban J connectivity index is 1.76. The Labute approximate surface area is 127 Å². The monoisotopic (exact) mass is 296 g/mol. The maximum absolute atomic E-state index is 12.4. The third-order valence-electron chi connectivity index (χ3n) is 3.31. The summed E-state index contributed by atoms with van der Waals surface area (Å²) in [7, 11) is 0. The third-order valence-corrected chi connectivity index (χ3v) is 3.31. The first kappa shape index (κ1) is 14.1. The average molecular weight is 296 g/mol. The van der Waals surface area contributed by atoms with Crippen LogP contribution in [0, 0.1) is 6.92 Å². The number of nitrogens with zero attached hydrogens (tertiary/aromatic N) is 3. The second-order valence-corrected chi connectivity index (χ2v) is 5.02. The summed E-state index contributed by atoms with van der Waals surface area (Å²) in [4.78, 5) is 20.6. The van der Waals surface area contributed by atoms with Crippen LogP contribution in [0.5, 0.6) is 0 Å². The lowest BCUT2D eigenvalue weighted by Crippen LogP contribution is -2.26. The molecule has 0 aliphatic rings. The molecular weight excluding hydrogens is 280 g/mol. The van der Waals surface area contributed by atoms with Crippen molar-refractivity contribution in [2.45, 2.75) is 19.9 Å². The average Bonchev–Trinajstić information content (AvgIpc) is 3.18. The summed E-state index contributed by atoms with van der Waals surface area (Å²) in [6.45, 7) is 3.76. The number of carbonyl (C=O) groups is 1. The van der Waals surface area contributed by atoms with Crippen LogP contribution in [0.3, 0.4) is 0 Å². The van der Waals surface area contributed by atoms with Crippen LogP contribution in [-0.4, -0.2) is 20.4 Å². The molecule has 0 bridgehead atoms. The number of pyridine rings is 1. The molecule has 0 fully saturated rings. The molecule has 112 valence electrons. The van der Waals surface area contributed by atoms with Gasteiger partial charge in [0, 0.05) is 24.2 Å². The molecule has 3 aromatic heterocycles. The van der Waals surface area contributed by atoms with Gasteiger partial charge in [0.25, 0.3) is 5.91 Å². The minimum atomic E-state index is -0.203. The van der Waals surface area contributed by atoms with Crippen LogP contribution in [0.4, 0.5) is 0 Å². The summed E-state index contributed by atoms with van der Waals surface area (Å²) in [6, 6.07) is 6.93. The molecule has 0 aromatic carbocycles. The lowest BCUT2D eigenvalue weighted by atomic mass is 10.2. The number of nitrogens with one attached hydrogen (secondary N) is 1. The molecular formula is C16H16N4O2. The molecule has 3 rings (SSSR count). The smallest absolute Gasteiger partial charge is 0.252 e. The van der Waals surface area contributed by atoms with Gasteiger partial charge >= 0.3 is 0 Å². The fourth-order valence-corrected chi connectivity index (χ4v) is 2.13. The Morgan fingerprint density at radius 2 is 2.18 bits per heavy atom. The number of rotatable bonds is 4. The van der Waals surface area contributed by atoms with Crippen LogP contribution >= 0.6 is 0 Å². The highest BCUT2D eigenvalue weighted by molar-refractivity contribution is 5.94. The fraction of sp³-hybridized carbons (Fsp3) is 0.188. The zero-order valence-corrected chi connectivity index (χ0v) is 12.4. The second kappa shape index (κ2) is 5.85. The lowest BCUT2D eigenvalue weighted by Gasteiger charge is -2.12. The number of aromatic nitrogens is 3. The molecule has 3 aromatic rings. The van der Waals surface area contributed by atoms with Crippen LogP contribution in [0.1, 0.15) is 34.8 Å². The lowest BCUT2D eigenvalue weighted by molar-refractivity contribution is 0.0935. The van der Waals surface area contributed by atoms with E-state index >= 15 is 0 Å². The van der Waals surface area contributed by atoms with Crippen LogP contribution in [0.2, 0.25) is 0 Å². The highest BCUT2D eigenvalue weighted by atomic mass is 16.3. The van der Waals surface area contributed by atoms with E-state index in [9.17, 15) is 4.79 Å². The molecule has 1 unspecified atom stereocenters. The first-order valence-corrected chi connectivity index (χ1v) is 6.95. The van der Waals surface area contributed by atoms with Gasteiger partial charge in [0.1, 0.15) is 23.7 Å². The summed E-state index contributed by atoms with van der Waals surface area (Å²) in [5, 5.41) is 2.91. The quantitative estimate of drug-likeness (QED) is 0.803. The molecule has 0 spiro atoms. The Kier molecular flexibility index (Phi) is 3.74. The normalized spacial score (nSPS) is 12.1. The topological polar surface area (TPSA) is 73.0 Å². The zero-order chi connectivity index (χ0) is 15.5. The van der Waals surface area contributed by atoms with Crippen LogP contribution in [0.25, 0.3) is 5.82 Å². The van der Waals surface area contributed by atoms with Crippen molar-refractivity contribution in [1.82, 2.24) is 19.9 Å². The van der Waals surface area contributed by atoms with E-state index in [0.717, 1.165) is 11.5 Å². The zero-order valence-electron chi connectivity index (χ0n) is 12.4. The first-order chi connectivity index (χ1) is 10.6. The highest BCUT2D eigenvalue weighted by Crippen LogP contribution is 2.16. The predicted molar refractivity (Wildman–Crippen MR) is 80.7 cm³/mol.